The van der Waals surface area contributed by atoms with Crippen molar-refractivity contribution in [1.29, 1.82) is 0 Å². The Morgan fingerprint density at radius 2 is 1.85 bits per heavy atom. The van der Waals surface area contributed by atoms with E-state index >= 15 is 0 Å². The highest BCUT2D eigenvalue weighted by Gasteiger charge is 2.23. The van der Waals surface area contributed by atoms with Gasteiger partial charge in [0.2, 0.25) is 0 Å². The molecule has 6 heteroatoms. The minimum Gasteiger partial charge on any atom is -0.449 e. The Bertz CT molecular complexity index is 941. The van der Waals surface area contributed by atoms with E-state index < -0.39 is 6.16 Å². The molecule has 0 amide bonds. The van der Waals surface area contributed by atoms with Gasteiger partial charge in [-0.1, -0.05) is 41.9 Å². The molecule has 0 saturated heterocycles. The van der Waals surface area contributed by atoms with Gasteiger partial charge in [0, 0.05) is 29.1 Å². The summed E-state index contributed by atoms with van der Waals surface area (Å²) in [4.78, 5) is 18.1. The summed E-state index contributed by atoms with van der Waals surface area (Å²) >= 11 is 6.20. The molecule has 134 valence electrons. The SMILES string of the molecule is CCN(CC)c1nc2ccc(Cl)cc2c(-c2ccccc2)c1OC(=O)O. The Morgan fingerprint density at radius 3 is 2.46 bits per heavy atom. The lowest BCUT2D eigenvalue weighted by Gasteiger charge is -2.24. The number of fused-ring (bicyclic) bond motifs is 1. The predicted octanol–water partition coefficient (Wildman–Crippen LogP) is 5.46. The highest BCUT2D eigenvalue weighted by atomic mass is 35.5. The maximum Gasteiger partial charge on any atom is 0.511 e. The lowest BCUT2D eigenvalue weighted by atomic mass is 9.99. The number of rotatable bonds is 5. The van der Waals surface area contributed by atoms with Crippen LogP contribution >= 0.6 is 11.6 Å². The number of nitrogens with zero attached hydrogens (tertiary/aromatic N) is 2. The van der Waals surface area contributed by atoms with Gasteiger partial charge in [0.05, 0.1) is 5.52 Å². The van der Waals surface area contributed by atoms with Crippen LogP contribution in [0.3, 0.4) is 0 Å². The number of ether oxygens (including phenoxy) is 1. The average Bonchev–Trinajstić information content (AvgIpc) is 2.63. The number of aromatic nitrogens is 1. The van der Waals surface area contributed by atoms with Crippen molar-refractivity contribution in [1.82, 2.24) is 4.98 Å². The van der Waals surface area contributed by atoms with Crippen LogP contribution in [0, 0.1) is 0 Å². The van der Waals surface area contributed by atoms with Crippen LogP contribution < -0.4 is 9.64 Å². The zero-order valence-electron chi connectivity index (χ0n) is 14.6. The van der Waals surface area contributed by atoms with Gasteiger partial charge in [-0.05, 0) is 37.6 Å². The summed E-state index contributed by atoms with van der Waals surface area (Å²) < 4.78 is 5.23. The number of benzene rings is 2. The Balaban J connectivity index is 2.44. The van der Waals surface area contributed by atoms with Gasteiger partial charge in [0.25, 0.3) is 0 Å². The van der Waals surface area contributed by atoms with Crippen LogP contribution in [-0.2, 0) is 0 Å². The maximum absolute atomic E-state index is 11.4. The Morgan fingerprint density at radius 1 is 1.15 bits per heavy atom. The lowest BCUT2D eigenvalue weighted by Crippen LogP contribution is -2.24. The Labute approximate surface area is 156 Å². The van der Waals surface area contributed by atoms with Crippen molar-refractivity contribution >= 4 is 34.5 Å². The van der Waals surface area contributed by atoms with Crippen molar-refractivity contribution in [2.75, 3.05) is 18.0 Å². The highest BCUT2D eigenvalue weighted by molar-refractivity contribution is 6.31. The number of halogens is 1. The normalized spacial score (nSPS) is 10.7. The van der Waals surface area contributed by atoms with E-state index in [9.17, 15) is 9.90 Å². The molecular formula is C20H19ClN2O3. The molecule has 3 rings (SSSR count). The van der Waals surface area contributed by atoms with Crippen molar-refractivity contribution in [3.63, 3.8) is 0 Å². The first-order chi connectivity index (χ1) is 12.5. The fourth-order valence-electron chi connectivity index (χ4n) is 3.02. The van der Waals surface area contributed by atoms with E-state index in [1.807, 2.05) is 55.1 Å². The minimum absolute atomic E-state index is 0.224. The van der Waals surface area contributed by atoms with Crippen molar-refractivity contribution in [3.05, 3.63) is 53.6 Å². The van der Waals surface area contributed by atoms with Gasteiger partial charge in [-0.25, -0.2) is 9.78 Å². The number of pyridine rings is 1. The molecule has 0 atom stereocenters. The second kappa shape index (κ2) is 7.62. The van der Waals surface area contributed by atoms with Gasteiger partial charge in [-0.3, -0.25) is 0 Å². The molecule has 0 spiro atoms. The first kappa shape index (κ1) is 18.0. The second-order valence-electron chi connectivity index (χ2n) is 5.71. The largest absolute Gasteiger partial charge is 0.511 e. The van der Waals surface area contributed by atoms with Crippen LogP contribution in [0.2, 0.25) is 5.02 Å². The predicted molar refractivity (Wildman–Crippen MR) is 104 cm³/mol. The van der Waals surface area contributed by atoms with Gasteiger partial charge in [0.1, 0.15) is 0 Å². The fraction of sp³-hybridized carbons (Fsp3) is 0.200. The van der Waals surface area contributed by atoms with E-state index in [0.717, 1.165) is 16.5 Å². The number of carboxylic acid groups (broad SMARTS) is 1. The van der Waals surface area contributed by atoms with Crippen LogP contribution in [0.5, 0.6) is 5.75 Å². The van der Waals surface area contributed by atoms with E-state index in [4.69, 9.17) is 16.3 Å². The van der Waals surface area contributed by atoms with Crippen LogP contribution in [0.25, 0.3) is 22.0 Å². The van der Waals surface area contributed by atoms with Crippen molar-refractivity contribution in [2.24, 2.45) is 0 Å². The lowest BCUT2D eigenvalue weighted by molar-refractivity contribution is 0.144. The highest BCUT2D eigenvalue weighted by Crippen LogP contribution is 2.43. The topological polar surface area (TPSA) is 62.7 Å². The molecule has 0 aliphatic rings. The third-order valence-electron chi connectivity index (χ3n) is 4.20. The quantitative estimate of drug-likeness (QED) is 0.604. The van der Waals surface area contributed by atoms with Gasteiger partial charge in [-0.15, -0.1) is 0 Å². The monoisotopic (exact) mass is 370 g/mol. The summed E-state index contributed by atoms with van der Waals surface area (Å²) in [7, 11) is 0. The molecule has 1 aromatic heterocycles. The summed E-state index contributed by atoms with van der Waals surface area (Å²) in [6.45, 7) is 5.33. The molecule has 0 saturated carbocycles. The number of carbonyl (C=O) groups is 1. The molecule has 5 nitrogen and oxygen atoms in total. The first-order valence-electron chi connectivity index (χ1n) is 8.39. The van der Waals surface area contributed by atoms with E-state index in [1.54, 1.807) is 12.1 Å². The molecule has 2 aromatic carbocycles. The second-order valence-corrected chi connectivity index (χ2v) is 6.14. The van der Waals surface area contributed by atoms with Crippen molar-refractivity contribution < 1.29 is 14.6 Å². The smallest absolute Gasteiger partial charge is 0.449 e. The summed E-state index contributed by atoms with van der Waals surface area (Å²) in [6.07, 6.45) is -1.38. The zero-order chi connectivity index (χ0) is 18.7. The van der Waals surface area contributed by atoms with E-state index in [2.05, 4.69) is 4.98 Å². The standard InChI is InChI=1S/C20H19ClN2O3/c1-3-23(4-2)19-18(26-20(24)25)17(13-8-6-5-7-9-13)15-12-14(21)10-11-16(15)22-19/h5-12H,3-4H2,1-2H3,(H,24,25). The zero-order valence-corrected chi connectivity index (χ0v) is 15.3. The van der Waals surface area contributed by atoms with Gasteiger partial charge in [0.15, 0.2) is 11.6 Å². The number of hydrogen-bond donors (Lipinski definition) is 1. The van der Waals surface area contributed by atoms with Crippen LogP contribution in [0.4, 0.5) is 10.6 Å². The fourth-order valence-corrected chi connectivity index (χ4v) is 3.19. The van der Waals surface area contributed by atoms with Gasteiger partial charge >= 0.3 is 6.16 Å². The molecule has 0 fully saturated rings. The van der Waals surface area contributed by atoms with E-state index in [-0.39, 0.29) is 5.75 Å². The Hall–Kier alpha value is -2.79. The molecule has 0 bridgehead atoms. The molecule has 0 unspecified atom stereocenters. The Kier molecular flexibility index (Phi) is 5.28. The number of hydrogen-bond acceptors (Lipinski definition) is 4. The molecule has 1 N–H and O–H groups in total. The molecular weight excluding hydrogens is 352 g/mol. The number of anilines is 1. The van der Waals surface area contributed by atoms with Crippen molar-refractivity contribution in [3.8, 4) is 16.9 Å². The van der Waals surface area contributed by atoms with Crippen LogP contribution in [0.15, 0.2) is 48.5 Å². The van der Waals surface area contributed by atoms with Crippen LogP contribution in [-0.4, -0.2) is 29.3 Å². The molecule has 1 heterocycles. The van der Waals surface area contributed by atoms with Gasteiger partial charge in [-0.2, -0.15) is 0 Å². The maximum atomic E-state index is 11.4. The summed E-state index contributed by atoms with van der Waals surface area (Å²) in [5.74, 6) is 0.730. The third-order valence-corrected chi connectivity index (χ3v) is 4.43. The summed E-state index contributed by atoms with van der Waals surface area (Å²) in [5, 5.41) is 10.6. The third kappa shape index (κ3) is 3.44. The van der Waals surface area contributed by atoms with E-state index in [1.165, 1.54) is 0 Å². The summed E-state index contributed by atoms with van der Waals surface area (Å²) in [5.41, 5.74) is 2.24. The first-order valence-corrected chi connectivity index (χ1v) is 8.77. The summed E-state index contributed by atoms with van der Waals surface area (Å²) in [6, 6.07) is 14.9. The molecule has 0 aliphatic carbocycles. The van der Waals surface area contributed by atoms with Gasteiger partial charge < -0.3 is 14.7 Å². The average molecular weight is 371 g/mol. The van der Waals surface area contributed by atoms with E-state index in [0.29, 0.717) is 29.5 Å². The molecule has 0 aliphatic heterocycles. The molecule has 3 aromatic rings. The van der Waals surface area contributed by atoms with Crippen molar-refractivity contribution in [2.45, 2.75) is 13.8 Å². The van der Waals surface area contributed by atoms with Crippen LogP contribution in [0.1, 0.15) is 13.8 Å². The minimum atomic E-state index is -1.38. The molecule has 0 radical (unpaired) electrons. The molecule has 26 heavy (non-hydrogen) atoms.